The van der Waals surface area contributed by atoms with E-state index < -0.39 is 0 Å². The molecule has 4 rings (SSSR count). The van der Waals surface area contributed by atoms with Gasteiger partial charge in [0.1, 0.15) is 0 Å². The number of hydrogen-bond donors (Lipinski definition) is 0. The van der Waals surface area contributed by atoms with Crippen molar-refractivity contribution in [3.63, 3.8) is 0 Å². The summed E-state index contributed by atoms with van der Waals surface area (Å²) in [5, 5.41) is 3.83. The number of benzene rings is 3. The lowest BCUT2D eigenvalue weighted by Gasteiger charge is -2.04. The topological polar surface area (TPSA) is 17.1 Å². The fraction of sp³-hybridized carbons (Fsp3) is 0. The van der Waals surface area contributed by atoms with E-state index in [0.29, 0.717) is 0 Å². The van der Waals surface area contributed by atoms with Crippen molar-refractivity contribution in [1.29, 1.82) is 0 Å². The predicted octanol–water partition coefficient (Wildman–Crippen LogP) is 4.57. The van der Waals surface area contributed by atoms with Gasteiger partial charge >= 0.3 is 0 Å². The van der Waals surface area contributed by atoms with Crippen molar-refractivity contribution in [2.45, 2.75) is 0 Å². The third kappa shape index (κ3) is 1.50. The van der Waals surface area contributed by atoms with E-state index in [1.54, 1.807) is 11.3 Å². The van der Waals surface area contributed by atoms with Crippen molar-refractivity contribution in [2.24, 2.45) is 0 Å². The van der Waals surface area contributed by atoms with E-state index >= 15 is 0 Å². The van der Waals surface area contributed by atoms with Crippen LogP contribution in [-0.4, -0.2) is 0 Å². The summed E-state index contributed by atoms with van der Waals surface area (Å²) in [6.45, 7) is 0. The molecule has 3 aromatic carbocycles. The largest absolute Gasteiger partial charge is 0.288 e. The third-order valence-electron chi connectivity index (χ3n) is 3.47. The van der Waals surface area contributed by atoms with Crippen molar-refractivity contribution >= 4 is 42.3 Å². The fourth-order valence-corrected chi connectivity index (χ4v) is 3.66. The first kappa shape index (κ1) is 10.7. The molecule has 4 aromatic rings. The monoisotopic (exact) mass is 262 g/mol. The van der Waals surface area contributed by atoms with Gasteiger partial charge in [-0.3, -0.25) is 4.79 Å². The molecule has 0 amide bonds. The van der Waals surface area contributed by atoms with E-state index in [0.717, 1.165) is 30.9 Å². The van der Waals surface area contributed by atoms with E-state index in [-0.39, 0.29) is 5.43 Å². The van der Waals surface area contributed by atoms with Gasteiger partial charge in [-0.05, 0) is 29.0 Å². The Bertz CT molecular complexity index is 982. The molecule has 0 unspecified atom stereocenters. The van der Waals surface area contributed by atoms with Crippen LogP contribution in [0.5, 0.6) is 0 Å². The molecule has 19 heavy (non-hydrogen) atoms. The molecule has 90 valence electrons. The van der Waals surface area contributed by atoms with Crippen LogP contribution in [-0.2, 0) is 0 Å². The third-order valence-corrected chi connectivity index (χ3v) is 4.61. The van der Waals surface area contributed by atoms with Gasteiger partial charge in [0.2, 0.25) is 0 Å². The molecule has 0 saturated carbocycles. The lowest BCUT2D eigenvalue weighted by Crippen LogP contribution is -2.01. The summed E-state index contributed by atoms with van der Waals surface area (Å²) in [6.07, 6.45) is 0. The van der Waals surface area contributed by atoms with Crippen LogP contribution in [0.4, 0.5) is 0 Å². The SMILES string of the molecule is O=c1c2ccccc2sc2ccc3ccccc3c12. The molecule has 0 aliphatic carbocycles. The standard InChI is InChI=1S/C17H10OS/c18-17-13-7-3-4-8-14(13)19-15-10-9-11-5-1-2-6-12(11)16(15)17/h1-10H. The van der Waals surface area contributed by atoms with Crippen molar-refractivity contribution in [3.05, 3.63) is 70.9 Å². The molecule has 0 aliphatic heterocycles. The molecule has 1 heterocycles. The van der Waals surface area contributed by atoms with E-state index in [2.05, 4.69) is 12.1 Å². The smallest absolute Gasteiger partial charge is 0.196 e. The van der Waals surface area contributed by atoms with E-state index in [1.807, 2.05) is 48.5 Å². The number of fused-ring (bicyclic) bond motifs is 4. The average molecular weight is 262 g/mol. The van der Waals surface area contributed by atoms with E-state index in [1.165, 1.54) is 0 Å². The van der Waals surface area contributed by atoms with Gasteiger partial charge in [0.15, 0.2) is 5.43 Å². The Morgan fingerprint density at radius 3 is 2.32 bits per heavy atom. The van der Waals surface area contributed by atoms with E-state index in [9.17, 15) is 4.79 Å². The first-order valence-electron chi connectivity index (χ1n) is 6.18. The highest BCUT2D eigenvalue weighted by molar-refractivity contribution is 7.24. The molecule has 0 fully saturated rings. The zero-order valence-electron chi connectivity index (χ0n) is 10.1. The maximum absolute atomic E-state index is 12.7. The Balaban J connectivity index is 2.37. The highest BCUT2D eigenvalue weighted by Gasteiger charge is 2.08. The Morgan fingerprint density at radius 1 is 0.684 bits per heavy atom. The lowest BCUT2D eigenvalue weighted by molar-refractivity contribution is 1.76. The zero-order valence-corrected chi connectivity index (χ0v) is 10.9. The highest BCUT2D eigenvalue weighted by Crippen LogP contribution is 2.29. The van der Waals surface area contributed by atoms with Crippen molar-refractivity contribution < 1.29 is 0 Å². The lowest BCUT2D eigenvalue weighted by atomic mass is 10.1. The van der Waals surface area contributed by atoms with Crippen LogP contribution >= 0.6 is 11.3 Å². The minimum atomic E-state index is 0.140. The first-order valence-corrected chi connectivity index (χ1v) is 6.99. The molecule has 2 heteroatoms. The Morgan fingerprint density at radius 2 is 1.42 bits per heavy atom. The molecular formula is C17H10OS. The Hall–Kier alpha value is -2.19. The van der Waals surface area contributed by atoms with Gasteiger partial charge in [-0.1, -0.05) is 42.5 Å². The molecule has 0 bridgehead atoms. The van der Waals surface area contributed by atoms with Gasteiger partial charge in [0, 0.05) is 20.2 Å². The number of rotatable bonds is 0. The summed E-state index contributed by atoms with van der Waals surface area (Å²) in [5.41, 5.74) is 0.140. The van der Waals surface area contributed by atoms with Gasteiger partial charge in [0.25, 0.3) is 0 Å². The van der Waals surface area contributed by atoms with Crippen LogP contribution in [0.25, 0.3) is 30.9 Å². The molecule has 0 spiro atoms. The second kappa shape index (κ2) is 3.90. The summed E-state index contributed by atoms with van der Waals surface area (Å²) in [5.74, 6) is 0. The van der Waals surface area contributed by atoms with Crippen LogP contribution in [0.2, 0.25) is 0 Å². The molecule has 0 radical (unpaired) electrons. The van der Waals surface area contributed by atoms with Gasteiger partial charge < -0.3 is 0 Å². The molecule has 0 saturated heterocycles. The first-order chi connectivity index (χ1) is 9.34. The quantitative estimate of drug-likeness (QED) is 0.335. The molecule has 0 atom stereocenters. The maximum Gasteiger partial charge on any atom is 0.196 e. The van der Waals surface area contributed by atoms with Crippen LogP contribution in [0.15, 0.2) is 65.5 Å². The van der Waals surface area contributed by atoms with Gasteiger partial charge in [-0.25, -0.2) is 0 Å². The summed E-state index contributed by atoms with van der Waals surface area (Å²) in [4.78, 5) is 12.7. The van der Waals surface area contributed by atoms with Crippen molar-refractivity contribution in [1.82, 2.24) is 0 Å². The minimum Gasteiger partial charge on any atom is -0.288 e. The summed E-state index contributed by atoms with van der Waals surface area (Å²) >= 11 is 1.68. The Labute approximate surface area is 113 Å². The summed E-state index contributed by atoms with van der Waals surface area (Å²) < 4.78 is 2.11. The fourth-order valence-electron chi connectivity index (χ4n) is 2.57. The average Bonchev–Trinajstić information content (AvgIpc) is 2.47. The van der Waals surface area contributed by atoms with Crippen LogP contribution in [0.1, 0.15) is 0 Å². The van der Waals surface area contributed by atoms with Gasteiger partial charge in [-0.15, -0.1) is 11.3 Å². The second-order valence-electron chi connectivity index (χ2n) is 4.59. The Kier molecular flexibility index (Phi) is 2.20. The van der Waals surface area contributed by atoms with Crippen LogP contribution in [0, 0.1) is 0 Å². The molecule has 1 aromatic heterocycles. The molecule has 0 N–H and O–H groups in total. The van der Waals surface area contributed by atoms with Gasteiger partial charge in [-0.2, -0.15) is 0 Å². The molecular weight excluding hydrogens is 252 g/mol. The normalized spacial score (nSPS) is 11.4. The number of hydrogen-bond acceptors (Lipinski definition) is 2. The summed E-state index contributed by atoms with van der Waals surface area (Å²) in [6, 6.07) is 20.0. The minimum absolute atomic E-state index is 0.140. The summed E-state index contributed by atoms with van der Waals surface area (Å²) in [7, 11) is 0. The predicted molar refractivity (Wildman–Crippen MR) is 83.1 cm³/mol. The molecule has 1 nitrogen and oxygen atoms in total. The maximum atomic E-state index is 12.7. The zero-order chi connectivity index (χ0) is 12.8. The van der Waals surface area contributed by atoms with Crippen LogP contribution < -0.4 is 5.43 Å². The van der Waals surface area contributed by atoms with Gasteiger partial charge in [0.05, 0.1) is 0 Å². The molecule has 0 aliphatic rings. The van der Waals surface area contributed by atoms with E-state index in [4.69, 9.17) is 0 Å². The van der Waals surface area contributed by atoms with Crippen molar-refractivity contribution in [2.75, 3.05) is 0 Å². The second-order valence-corrected chi connectivity index (χ2v) is 5.67. The van der Waals surface area contributed by atoms with Crippen molar-refractivity contribution in [3.8, 4) is 0 Å². The van der Waals surface area contributed by atoms with Crippen LogP contribution in [0.3, 0.4) is 0 Å². The highest BCUT2D eigenvalue weighted by atomic mass is 32.1.